The van der Waals surface area contributed by atoms with Crippen LogP contribution in [0.5, 0.6) is 0 Å². The molecular formula is C10H15ClN4O. The van der Waals surface area contributed by atoms with Crippen LogP contribution in [0.25, 0.3) is 0 Å². The molecule has 0 aliphatic carbocycles. The van der Waals surface area contributed by atoms with Crippen molar-refractivity contribution in [2.24, 2.45) is 10.9 Å². The van der Waals surface area contributed by atoms with E-state index in [1.807, 2.05) is 24.9 Å². The topological polar surface area (TPSA) is 74.7 Å². The van der Waals surface area contributed by atoms with Gasteiger partial charge in [-0.05, 0) is 25.6 Å². The van der Waals surface area contributed by atoms with Crippen molar-refractivity contribution < 1.29 is 5.21 Å². The average Bonchev–Trinajstić information content (AvgIpc) is 2.30. The van der Waals surface area contributed by atoms with Crippen LogP contribution in [0.15, 0.2) is 23.6 Å². The molecule has 1 unspecified atom stereocenters. The molecule has 1 heterocycles. The Morgan fingerprint density at radius 3 is 3.00 bits per heavy atom. The largest absolute Gasteiger partial charge is 0.409 e. The molecule has 0 bridgehead atoms. The van der Waals surface area contributed by atoms with Crippen LogP contribution in [-0.2, 0) is 6.54 Å². The van der Waals surface area contributed by atoms with Gasteiger partial charge in [0.05, 0.1) is 11.1 Å². The molecule has 0 aromatic carbocycles. The van der Waals surface area contributed by atoms with Gasteiger partial charge in [0.2, 0.25) is 0 Å². The van der Waals surface area contributed by atoms with Crippen LogP contribution in [-0.4, -0.2) is 34.0 Å². The molecule has 3 N–H and O–H groups in total. The van der Waals surface area contributed by atoms with Crippen molar-refractivity contribution in [2.45, 2.75) is 19.5 Å². The second-order valence-corrected chi connectivity index (χ2v) is 3.99. The molecule has 0 fully saturated rings. The molecule has 6 heteroatoms. The number of oxime groups is 1. The number of rotatable bonds is 4. The normalized spacial score (nSPS) is 14.1. The van der Waals surface area contributed by atoms with Crippen LogP contribution < -0.4 is 5.73 Å². The quantitative estimate of drug-likeness (QED) is 0.361. The highest BCUT2D eigenvalue weighted by molar-refractivity contribution is 6.31. The summed E-state index contributed by atoms with van der Waals surface area (Å²) in [5.41, 5.74) is 6.48. The van der Waals surface area contributed by atoms with Crippen LogP contribution in [0.4, 0.5) is 0 Å². The van der Waals surface area contributed by atoms with Crippen LogP contribution in [0.2, 0.25) is 5.02 Å². The van der Waals surface area contributed by atoms with E-state index in [-0.39, 0.29) is 11.9 Å². The summed E-state index contributed by atoms with van der Waals surface area (Å²) >= 11 is 5.99. The Balaban J connectivity index is 2.72. The van der Waals surface area contributed by atoms with Gasteiger partial charge in [-0.1, -0.05) is 16.8 Å². The lowest BCUT2D eigenvalue weighted by Crippen LogP contribution is -2.40. The zero-order chi connectivity index (χ0) is 12.1. The summed E-state index contributed by atoms with van der Waals surface area (Å²) in [6.07, 6.45) is 3.28. The lowest BCUT2D eigenvalue weighted by atomic mass is 10.2. The zero-order valence-corrected chi connectivity index (χ0v) is 10.0. The van der Waals surface area contributed by atoms with Gasteiger partial charge < -0.3 is 10.9 Å². The Morgan fingerprint density at radius 2 is 2.44 bits per heavy atom. The molecule has 88 valence electrons. The minimum absolute atomic E-state index is 0.158. The molecule has 1 aromatic rings. The molecule has 5 nitrogen and oxygen atoms in total. The Morgan fingerprint density at radius 1 is 1.75 bits per heavy atom. The van der Waals surface area contributed by atoms with E-state index in [4.69, 9.17) is 22.5 Å². The molecule has 1 atom stereocenters. The maximum Gasteiger partial charge on any atom is 0.156 e. The molecule has 0 aliphatic rings. The fourth-order valence-electron chi connectivity index (χ4n) is 1.25. The highest BCUT2D eigenvalue weighted by atomic mass is 35.5. The van der Waals surface area contributed by atoms with Crippen LogP contribution in [0.1, 0.15) is 12.5 Å². The second kappa shape index (κ2) is 5.67. The summed E-state index contributed by atoms with van der Waals surface area (Å²) in [7, 11) is 1.87. The number of hydrogen-bond acceptors (Lipinski definition) is 4. The predicted molar refractivity (Wildman–Crippen MR) is 63.6 cm³/mol. The van der Waals surface area contributed by atoms with Crippen LogP contribution >= 0.6 is 11.6 Å². The standard InChI is InChI=1S/C10H15ClN4O/c1-7(10(12)14-16)15(2)6-8-3-4-13-5-9(8)11/h3-5,7,16H,6H2,1-2H3,(H2,12,14). The van der Waals surface area contributed by atoms with E-state index in [1.165, 1.54) is 0 Å². The Bertz CT molecular complexity index is 383. The van der Waals surface area contributed by atoms with Gasteiger partial charge >= 0.3 is 0 Å². The molecule has 16 heavy (non-hydrogen) atoms. The number of pyridine rings is 1. The molecule has 0 spiro atoms. The molecular weight excluding hydrogens is 228 g/mol. The Hall–Kier alpha value is -1.33. The first kappa shape index (κ1) is 12.7. The SMILES string of the molecule is CC(C(N)=NO)N(C)Cc1ccncc1Cl. The van der Waals surface area contributed by atoms with Gasteiger partial charge in [-0.3, -0.25) is 9.88 Å². The molecule has 0 radical (unpaired) electrons. The minimum Gasteiger partial charge on any atom is -0.409 e. The van der Waals surface area contributed by atoms with E-state index in [9.17, 15) is 0 Å². The van der Waals surface area contributed by atoms with Gasteiger partial charge in [0, 0.05) is 18.9 Å². The molecule has 1 aromatic heterocycles. The van der Waals surface area contributed by atoms with Gasteiger partial charge in [0.25, 0.3) is 0 Å². The third-order valence-corrected chi connectivity index (χ3v) is 2.82. The zero-order valence-electron chi connectivity index (χ0n) is 9.26. The fraction of sp³-hybridized carbons (Fsp3) is 0.400. The monoisotopic (exact) mass is 242 g/mol. The molecule has 0 aliphatic heterocycles. The number of nitrogens with two attached hydrogens (primary N) is 1. The van der Waals surface area contributed by atoms with Gasteiger partial charge in [-0.25, -0.2) is 0 Å². The number of nitrogens with zero attached hydrogens (tertiary/aromatic N) is 3. The van der Waals surface area contributed by atoms with Gasteiger partial charge in [-0.15, -0.1) is 0 Å². The number of halogens is 1. The summed E-state index contributed by atoms with van der Waals surface area (Å²) in [6.45, 7) is 2.46. The van der Waals surface area contributed by atoms with E-state index in [0.717, 1.165) is 5.56 Å². The van der Waals surface area contributed by atoms with Crippen molar-refractivity contribution in [3.63, 3.8) is 0 Å². The van der Waals surface area contributed by atoms with Crippen LogP contribution in [0, 0.1) is 0 Å². The highest BCUT2D eigenvalue weighted by Gasteiger charge is 2.14. The summed E-state index contributed by atoms with van der Waals surface area (Å²) in [5.74, 6) is 0.174. The average molecular weight is 243 g/mol. The molecule has 0 saturated carbocycles. The fourth-order valence-corrected chi connectivity index (χ4v) is 1.43. The van der Waals surface area contributed by atoms with E-state index >= 15 is 0 Å². The third-order valence-electron chi connectivity index (χ3n) is 2.48. The van der Waals surface area contributed by atoms with Crippen molar-refractivity contribution in [1.29, 1.82) is 0 Å². The maximum atomic E-state index is 8.57. The van der Waals surface area contributed by atoms with E-state index in [0.29, 0.717) is 11.6 Å². The lowest BCUT2D eigenvalue weighted by molar-refractivity contribution is 0.279. The lowest BCUT2D eigenvalue weighted by Gasteiger charge is -2.23. The summed E-state index contributed by atoms with van der Waals surface area (Å²) in [6, 6.07) is 1.69. The molecule has 0 saturated heterocycles. The van der Waals surface area contributed by atoms with E-state index in [2.05, 4.69) is 10.1 Å². The van der Waals surface area contributed by atoms with E-state index < -0.39 is 0 Å². The van der Waals surface area contributed by atoms with E-state index in [1.54, 1.807) is 12.4 Å². The van der Waals surface area contributed by atoms with Crippen LogP contribution in [0.3, 0.4) is 0 Å². The first-order valence-electron chi connectivity index (χ1n) is 4.82. The van der Waals surface area contributed by atoms with Crippen molar-refractivity contribution in [1.82, 2.24) is 9.88 Å². The number of aromatic nitrogens is 1. The predicted octanol–water partition coefficient (Wildman–Crippen LogP) is 1.30. The van der Waals surface area contributed by atoms with Crippen molar-refractivity contribution in [3.05, 3.63) is 29.0 Å². The summed E-state index contributed by atoms with van der Waals surface area (Å²) < 4.78 is 0. The number of amidine groups is 1. The second-order valence-electron chi connectivity index (χ2n) is 3.58. The summed E-state index contributed by atoms with van der Waals surface area (Å²) in [5, 5.41) is 12.2. The Kier molecular flexibility index (Phi) is 4.52. The third kappa shape index (κ3) is 3.08. The van der Waals surface area contributed by atoms with Crippen molar-refractivity contribution in [2.75, 3.05) is 7.05 Å². The van der Waals surface area contributed by atoms with Gasteiger partial charge in [0.1, 0.15) is 0 Å². The van der Waals surface area contributed by atoms with Gasteiger partial charge in [0.15, 0.2) is 5.84 Å². The maximum absolute atomic E-state index is 8.57. The first-order chi connectivity index (χ1) is 7.56. The smallest absolute Gasteiger partial charge is 0.156 e. The molecule has 0 amide bonds. The minimum atomic E-state index is -0.158. The Labute approximate surface area is 99.5 Å². The highest BCUT2D eigenvalue weighted by Crippen LogP contribution is 2.15. The van der Waals surface area contributed by atoms with Crippen molar-refractivity contribution >= 4 is 17.4 Å². The first-order valence-corrected chi connectivity index (χ1v) is 5.20. The van der Waals surface area contributed by atoms with Crippen molar-refractivity contribution in [3.8, 4) is 0 Å². The number of likely N-dealkylation sites (N-methyl/N-ethyl adjacent to an activating group) is 1. The van der Waals surface area contributed by atoms with Gasteiger partial charge in [-0.2, -0.15) is 0 Å². The number of hydrogen-bond donors (Lipinski definition) is 2. The summed E-state index contributed by atoms with van der Waals surface area (Å²) in [4.78, 5) is 5.84. The molecule has 1 rings (SSSR count).